The SMILES string of the molecule is O=C(CN/N=C/c1cccc(F)c1)N1c2ccccc2Sc2ccccc21. The Bertz CT molecular complexity index is 976. The normalized spacial score (nSPS) is 12.6. The van der Waals surface area contributed by atoms with E-state index in [4.69, 9.17) is 0 Å². The van der Waals surface area contributed by atoms with E-state index in [1.807, 2.05) is 48.5 Å². The van der Waals surface area contributed by atoms with E-state index >= 15 is 0 Å². The number of nitrogens with one attached hydrogen (secondary N) is 1. The fourth-order valence-corrected chi connectivity index (χ4v) is 3.93. The van der Waals surface area contributed by atoms with Crippen molar-refractivity contribution >= 4 is 35.3 Å². The van der Waals surface area contributed by atoms with Crippen molar-refractivity contribution in [2.75, 3.05) is 11.4 Å². The lowest BCUT2D eigenvalue weighted by Gasteiger charge is -2.30. The lowest BCUT2D eigenvalue weighted by atomic mass is 10.2. The zero-order chi connectivity index (χ0) is 18.6. The molecule has 0 saturated heterocycles. The van der Waals surface area contributed by atoms with Gasteiger partial charge in [0.25, 0.3) is 5.91 Å². The van der Waals surface area contributed by atoms with Gasteiger partial charge in [0.1, 0.15) is 12.4 Å². The molecule has 3 aromatic rings. The second kappa shape index (κ2) is 7.63. The monoisotopic (exact) mass is 377 g/mol. The fraction of sp³-hybridized carbons (Fsp3) is 0.0476. The van der Waals surface area contributed by atoms with Crippen LogP contribution in [-0.2, 0) is 4.79 Å². The maximum absolute atomic E-state index is 13.2. The molecule has 134 valence electrons. The van der Waals surface area contributed by atoms with E-state index in [1.54, 1.807) is 28.8 Å². The number of benzene rings is 3. The average Bonchev–Trinajstić information content (AvgIpc) is 2.69. The Hall–Kier alpha value is -3.12. The Labute approximate surface area is 160 Å². The van der Waals surface area contributed by atoms with E-state index < -0.39 is 0 Å². The Kier molecular flexibility index (Phi) is 4.89. The molecule has 0 fully saturated rings. The predicted octanol–water partition coefficient (Wildman–Crippen LogP) is 4.58. The highest BCUT2D eigenvalue weighted by molar-refractivity contribution is 7.99. The van der Waals surface area contributed by atoms with Crippen molar-refractivity contribution < 1.29 is 9.18 Å². The van der Waals surface area contributed by atoms with Crippen LogP contribution in [0.2, 0.25) is 0 Å². The Balaban J connectivity index is 1.52. The first-order chi connectivity index (χ1) is 13.2. The number of rotatable bonds is 4. The van der Waals surface area contributed by atoms with Gasteiger partial charge in [0, 0.05) is 9.79 Å². The van der Waals surface area contributed by atoms with Crippen LogP contribution >= 0.6 is 11.8 Å². The predicted molar refractivity (Wildman–Crippen MR) is 106 cm³/mol. The first-order valence-electron chi connectivity index (χ1n) is 8.43. The number of hydrogen-bond donors (Lipinski definition) is 1. The molecule has 1 aliphatic heterocycles. The summed E-state index contributed by atoms with van der Waals surface area (Å²) in [7, 11) is 0. The third-order valence-corrected chi connectivity index (χ3v) is 5.20. The first kappa shape index (κ1) is 17.3. The van der Waals surface area contributed by atoms with Gasteiger partial charge in [0.05, 0.1) is 17.6 Å². The number of amides is 1. The van der Waals surface area contributed by atoms with Crippen molar-refractivity contribution in [1.29, 1.82) is 0 Å². The summed E-state index contributed by atoms with van der Waals surface area (Å²) >= 11 is 1.65. The Morgan fingerprint density at radius 2 is 1.67 bits per heavy atom. The van der Waals surface area contributed by atoms with Crippen LogP contribution in [0.25, 0.3) is 0 Å². The summed E-state index contributed by atoms with van der Waals surface area (Å²) < 4.78 is 13.2. The van der Waals surface area contributed by atoms with Crippen LogP contribution in [0.4, 0.5) is 15.8 Å². The molecule has 0 bridgehead atoms. The van der Waals surface area contributed by atoms with E-state index in [-0.39, 0.29) is 18.3 Å². The second-order valence-corrected chi connectivity index (χ2v) is 7.00. The van der Waals surface area contributed by atoms with Crippen LogP contribution in [0, 0.1) is 5.82 Å². The molecule has 0 saturated carbocycles. The maximum atomic E-state index is 13.2. The summed E-state index contributed by atoms with van der Waals surface area (Å²) in [6.45, 7) is 0.0269. The van der Waals surface area contributed by atoms with E-state index in [0.717, 1.165) is 21.2 Å². The quantitative estimate of drug-likeness (QED) is 0.535. The standard InChI is InChI=1S/C21H16FN3OS/c22-16-7-5-6-15(12-16)13-23-24-14-21(26)25-17-8-1-3-10-19(17)27-20-11-4-2-9-18(20)25/h1-13,24H,14H2/b23-13+. The van der Waals surface area contributed by atoms with Crippen molar-refractivity contribution in [3.63, 3.8) is 0 Å². The number of para-hydroxylation sites is 2. The molecule has 4 nitrogen and oxygen atoms in total. The number of carbonyl (C=O) groups is 1. The van der Waals surface area contributed by atoms with E-state index in [2.05, 4.69) is 10.5 Å². The molecule has 1 heterocycles. The second-order valence-electron chi connectivity index (χ2n) is 5.91. The summed E-state index contributed by atoms with van der Waals surface area (Å²) in [5, 5.41) is 4.04. The number of hydrazone groups is 1. The lowest BCUT2D eigenvalue weighted by Crippen LogP contribution is -2.35. The molecule has 6 heteroatoms. The van der Waals surface area contributed by atoms with Gasteiger partial charge >= 0.3 is 0 Å². The van der Waals surface area contributed by atoms with Crippen LogP contribution in [-0.4, -0.2) is 18.7 Å². The van der Waals surface area contributed by atoms with Gasteiger partial charge in [0.2, 0.25) is 0 Å². The van der Waals surface area contributed by atoms with Gasteiger partial charge in [-0.1, -0.05) is 48.2 Å². The molecule has 1 aliphatic rings. The van der Waals surface area contributed by atoms with Crippen LogP contribution < -0.4 is 10.3 Å². The molecule has 0 atom stereocenters. The van der Waals surface area contributed by atoms with Crippen molar-refractivity contribution in [3.05, 3.63) is 84.2 Å². The third kappa shape index (κ3) is 3.71. The molecule has 1 amide bonds. The molecule has 4 rings (SSSR count). The molecule has 0 unspecified atom stereocenters. The summed E-state index contributed by atoms with van der Waals surface area (Å²) in [6, 6.07) is 21.8. The van der Waals surface area contributed by atoms with Gasteiger partial charge in [-0.3, -0.25) is 9.69 Å². The minimum Gasteiger partial charge on any atom is -0.301 e. The van der Waals surface area contributed by atoms with Crippen molar-refractivity contribution in [3.8, 4) is 0 Å². The van der Waals surface area contributed by atoms with Gasteiger partial charge < -0.3 is 5.43 Å². The van der Waals surface area contributed by atoms with Crippen LogP contribution in [0.15, 0.2) is 87.7 Å². The number of hydrogen-bond acceptors (Lipinski definition) is 4. The smallest absolute Gasteiger partial charge is 0.252 e. The minimum absolute atomic E-state index is 0.0269. The Morgan fingerprint density at radius 3 is 2.33 bits per heavy atom. The van der Waals surface area contributed by atoms with Gasteiger partial charge in [-0.2, -0.15) is 5.10 Å². The fourth-order valence-electron chi connectivity index (χ4n) is 2.87. The maximum Gasteiger partial charge on any atom is 0.252 e. The molecular formula is C21H16FN3OS. The van der Waals surface area contributed by atoms with Crippen LogP contribution in [0.1, 0.15) is 5.56 Å². The van der Waals surface area contributed by atoms with E-state index in [9.17, 15) is 9.18 Å². The largest absolute Gasteiger partial charge is 0.301 e. The Morgan fingerprint density at radius 1 is 1.00 bits per heavy atom. The van der Waals surface area contributed by atoms with Gasteiger partial charge in [-0.25, -0.2) is 4.39 Å². The summed E-state index contributed by atoms with van der Waals surface area (Å²) in [4.78, 5) is 16.7. The zero-order valence-corrected chi connectivity index (χ0v) is 15.1. The van der Waals surface area contributed by atoms with Crippen molar-refractivity contribution in [2.24, 2.45) is 5.10 Å². The molecule has 0 aromatic heterocycles. The molecule has 3 aromatic carbocycles. The topological polar surface area (TPSA) is 44.7 Å². The number of halogens is 1. The van der Waals surface area contributed by atoms with Crippen molar-refractivity contribution in [1.82, 2.24) is 5.43 Å². The molecule has 1 N–H and O–H groups in total. The van der Waals surface area contributed by atoms with Gasteiger partial charge in [-0.05, 0) is 42.0 Å². The number of nitrogens with zero attached hydrogens (tertiary/aromatic N) is 2. The molecule has 0 aliphatic carbocycles. The van der Waals surface area contributed by atoms with Crippen LogP contribution in [0.5, 0.6) is 0 Å². The van der Waals surface area contributed by atoms with Crippen molar-refractivity contribution in [2.45, 2.75) is 9.79 Å². The summed E-state index contributed by atoms with van der Waals surface area (Å²) in [6.07, 6.45) is 1.49. The summed E-state index contributed by atoms with van der Waals surface area (Å²) in [5.41, 5.74) is 5.11. The molecular weight excluding hydrogens is 361 g/mol. The third-order valence-electron chi connectivity index (χ3n) is 4.07. The lowest BCUT2D eigenvalue weighted by molar-refractivity contribution is -0.117. The highest BCUT2D eigenvalue weighted by Crippen LogP contribution is 2.47. The summed E-state index contributed by atoms with van der Waals surface area (Å²) in [5.74, 6) is -0.444. The number of fused-ring (bicyclic) bond motifs is 2. The van der Waals surface area contributed by atoms with Crippen LogP contribution in [0.3, 0.4) is 0 Å². The van der Waals surface area contributed by atoms with Gasteiger partial charge in [0.15, 0.2) is 0 Å². The minimum atomic E-state index is -0.325. The van der Waals surface area contributed by atoms with E-state index in [0.29, 0.717) is 5.56 Å². The molecule has 0 spiro atoms. The number of carbonyl (C=O) groups excluding carboxylic acids is 1. The molecule has 27 heavy (non-hydrogen) atoms. The first-order valence-corrected chi connectivity index (χ1v) is 9.24. The average molecular weight is 377 g/mol. The highest BCUT2D eigenvalue weighted by atomic mass is 32.2. The molecule has 0 radical (unpaired) electrons. The van der Waals surface area contributed by atoms with Gasteiger partial charge in [-0.15, -0.1) is 0 Å². The number of anilines is 2. The highest BCUT2D eigenvalue weighted by Gasteiger charge is 2.27. The van der Waals surface area contributed by atoms with E-state index in [1.165, 1.54) is 18.3 Å². The zero-order valence-electron chi connectivity index (χ0n) is 14.3.